The molecule has 6 heteroatoms. The first-order valence-electron chi connectivity index (χ1n) is 5.16. The lowest BCUT2D eigenvalue weighted by molar-refractivity contribution is -0.132. The molecule has 0 aromatic heterocycles. The van der Waals surface area contributed by atoms with Gasteiger partial charge >= 0.3 is 0 Å². The quantitative estimate of drug-likeness (QED) is 0.587. The Hall–Kier alpha value is -0.360. The van der Waals surface area contributed by atoms with Gasteiger partial charge in [0.25, 0.3) is 0 Å². The standard InChI is InChI=1S/C9H17N3O2.ClH/c10-3-7-1-2-8(14-7)9(13)12-6-4-11-5-6;/h6-8,11H,1-5,10H2,(H,12,13);1H. The van der Waals surface area contributed by atoms with Gasteiger partial charge in [-0.1, -0.05) is 0 Å². The van der Waals surface area contributed by atoms with Crippen LogP contribution in [0.3, 0.4) is 0 Å². The molecule has 4 N–H and O–H groups in total. The van der Waals surface area contributed by atoms with E-state index in [1.165, 1.54) is 0 Å². The second-order valence-electron chi connectivity index (χ2n) is 3.92. The first-order chi connectivity index (χ1) is 6.79. The van der Waals surface area contributed by atoms with Crippen LogP contribution < -0.4 is 16.4 Å². The average molecular weight is 236 g/mol. The van der Waals surface area contributed by atoms with E-state index in [9.17, 15) is 4.79 Å². The Morgan fingerprint density at radius 3 is 2.67 bits per heavy atom. The summed E-state index contributed by atoms with van der Waals surface area (Å²) in [5, 5.41) is 6.04. The molecule has 2 fully saturated rings. The van der Waals surface area contributed by atoms with Crippen molar-refractivity contribution in [3.05, 3.63) is 0 Å². The van der Waals surface area contributed by atoms with E-state index >= 15 is 0 Å². The van der Waals surface area contributed by atoms with Gasteiger partial charge in [0.05, 0.1) is 12.1 Å². The molecule has 0 aromatic carbocycles. The SMILES string of the molecule is Cl.NCC1CCC(C(=O)NC2CNC2)O1. The summed E-state index contributed by atoms with van der Waals surface area (Å²) in [7, 11) is 0. The Morgan fingerprint density at radius 1 is 1.47 bits per heavy atom. The number of nitrogens with two attached hydrogens (primary N) is 1. The van der Waals surface area contributed by atoms with Gasteiger partial charge in [-0.05, 0) is 12.8 Å². The van der Waals surface area contributed by atoms with Gasteiger partial charge in [-0.15, -0.1) is 12.4 Å². The number of carbonyl (C=O) groups excluding carboxylic acids is 1. The monoisotopic (exact) mass is 235 g/mol. The summed E-state index contributed by atoms with van der Waals surface area (Å²) in [5.74, 6) is 0.0208. The van der Waals surface area contributed by atoms with Crippen molar-refractivity contribution in [2.45, 2.75) is 31.1 Å². The van der Waals surface area contributed by atoms with E-state index in [4.69, 9.17) is 10.5 Å². The summed E-state index contributed by atoms with van der Waals surface area (Å²) < 4.78 is 5.48. The molecule has 2 heterocycles. The van der Waals surface area contributed by atoms with Crippen LogP contribution in [-0.4, -0.2) is 43.8 Å². The Kier molecular flexibility index (Phi) is 4.79. The zero-order chi connectivity index (χ0) is 9.97. The molecule has 0 aliphatic carbocycles. The van der Waals surface area contributed by atoms with Crippen LogP contribution in [0, 0.1) is 0 Å². The largest absolute Gasteiger partial charge is 0.364 e. The van der Waals surface area contributed by atoms with Gasteiger partial charge < -0.3 is 21.1 Å². The number of amides is 1. The average Bonchev–Trinajstić information content (AvgIpc) is 2.59. The number of halogens is 1. The summed E-state index contributed by atoms with van der Waals surface area (Å²) in [4.78, 5) is 11.6. The Morgan fingerprint density at radius 2 is 2.20 bits per heavy atom. The molecule has 1 amide bonds. The van der Waals surface area contributed by atoms with Gasteiger partial charge in [-0.3, -0.25) is 4.79 Å². The van der Waals surface area contributed by atoms with Crippen molar-refractivity contribution in [2.24, 2.45) is 5.73 Å². The molecule has 88 valence electrons. The van der Waals surface area contributed by atoms with E-state index in [1.807, 2.05) is 0 Å². The van der Waals surface area contributed by atoms with Gasteiger partial charge in [0.1, 0.15) is 6.10 Å². The van der Waals surface area contributed by atoms with Crippen molar-refractivity contribution in [1.82, 2.24) is 10.6 Å². The maximum atomic E-state index is 11.6. The van der Waals surface area contributed by atoms with E-state index in [1.54, 1.807) is 0 Å². The van der Waals surface area contributed by atoms with Crippen LogP contribution in [0.1, 0.15) is 12.8 Å². The maximum absolute atomic E-state index is 11.6. The summed E-state index contributed by atoms with van der Waals surface area (Å²) >= 11 is 0. The van der Waals surface area contributed by atoms with Crippen molar-refractivity contribution in [3.63, 3.8) is 0 Å². The molecule has 0 aromatic rings. The Labute approximate surface area is 95.5 Å². The fourth-order valence-electron chi connectivity index (χ4n) is 1.76. The van der Waals surface area contributed by atoms with Crippen LogP contribution in [0.2, 0.25) is 0 Å². The second kappa shape index (κ2) is 5.65. The molecule has 2 aliphatic heterocycles. The van der Waals surface area contributed by atoms with E-state index in [0.29, 0.717) is 12.6 Å². The molecule has 2 rings (SSSR count). The molecule has 0 spiro atoms. The second-order valence-corrected chi connectivity index (χ2v) is 3.92. The van der Waals surface area contributed by atoms with Gasteiger partial charge in [0.15, 0.2) is 0 Å². The number of nitrogens with one attached hydrogen (secondary N) is 2. The van der Waals surface area contributed by atoms with Crippen molar-refractivity contribution >= 4 is 18.3 Å². The van der Waals surface area contributed by atoms with Crippen LogP contribution in [0.15, 0.2) is 0 Å². The smallest absolute Gasteiger partial charge is 0.249 e. The Balaban J connectivity index is 0.00000112. The highest BCUT2D eigenvalue weighted by Gasteiger charge is 2.31. The number of hydrogen-bond donors (Lipinski definition) is 3. The molecular weight excluding hydrogens is 218 g/mol. The van der Waals surface area contributed by atoms with E-state index < -0.39 is 0 Å². The molecule has 2 atom stereocenters. The Bertz CT molecular complexity index is 223. The minimum absolute atomic E-state index is 0. The normalized spacial score (nSPS) is 30.5. The van der Waals surface area contributed by atoms with Crippen molar-refractivity contribution in [3.8, 4) is 0 Å². The van der Waals surface area contributed by atoms with E-state index in [0.717, 1.165) is 25.9 Å². The highest BCUT2D eigenvalue weighted by molar-refractivity contribution is 5.85. The minimum atomic E-state index is -0.274. The highest BCUT2D eigenvalue weighted by atomic mass is 35.5. The lowest BCUT2D eigenvalue weighted by Gasteiger charge is -2.29. The zero-order valence-electron chi connectivity index (χ0n) is 8.57. The molecule has 2 saturated heterocycles. The van der Waals surface area contributed by atoms with Gasteiger partial charge in [0, 0.05) is 19.6 Å². The van der Waals surface area contributed by atoms with Crippen LogP contribution >= 0.6 is 12.4 Å². The first-order valence-corrected chi connectivity index (χ1v) is 5.16. The predicted octanol–water partition coefficient (Wildman–Crippen LogP) is -0.997. The topological polar surface area (TPSA) is 76.4 Å². The van der Waals surface area contributed by atoms with Crippen molar-refractivity contribution in [1.29, 1.82) is 0 Å². The number of hydrogen-bond acceptors (Lipinski definition) is 4. The molecule has 0 radical (unpaired) electrons. The van der Waals surface area contributed by atoms with E-state index in [2.05, 4.69) is 10.6 Å². The van der Waals surface area contributed by atoms with Crippen LogP contribution in [-0.2, 0) is 9.53 Å². The van der Waals surface area contributed by atoms with Gasteiger partial charge in [-0.25, -0.2) is 0 Å². The van der Waals surface area contributed by atoms with Crippen LogP contribution in [0.5, 0.6) is 0 Å². The first kappa shape index (κ1) is 12.7. The van der Waals surface area contributed by atoms with Crippen LogP contribution in [0.25, 0.3) is 0 Å². The maximum Gasteiger partial charge on any atom is 0.249 e. The molecule has 5 nitrogen and oxygen atoms in total. The van der Waals surface area contributed by atoms with Crippen LogP contribution in [0.4, 0.5) is 0 Å². The molecule has 0 saturated carbocycles. The number of rotatable bonds is 3. The fraction of sp³-hybridized carbons (Fsp3) is 0.889. The molecular formula is C9H18ClN3O2. The number of ether oxygens (including phenoxy) is 1. The van der Waals surface area contributed by atoms with Crippen molar-refractivity contribution < 1.29 is 9.53 Å². The third-order valence-electron chi connectivity index (χ3n) is 2.79. The van der Waals surface area contributed by atoms with Gasteiger partial charge in [0.2, 0.25) is 5.91 Å². The predicted molar refractivity (Wildman–Crippen MR) is 59.0 cm³/mol. The summed E-state index contributed by atoms with van der Waals surface area (Å²) in [6.07, 6.45) is 1.50. The summed E-state index contributed by atoms with van der Waals surface area (Å²) in [5.41, 5.74) is 5.47. The van der Waals surface area contributed by atoms with Gasteiger partial charge in [-0.2, -0.15) is 0 Å². The third-order valence-corrected chi connectivity index (χ3v) is 2.79. The van der Waals surface area contributed by atoms with Crippen molar-refractivity contribution in [2.75, 3.05) is 19.6 Å². The minimum Gasteiger partial charge on any atom is -0.364 e. The summed E-state index contributed by atoms with van der Waals surface area (Å²) in [6, 6.07) is 0.294. The molecule has 0 bridgehead atoms. The fourth-order valence-corrected chi connectivity index (χ4v) is 1.76. The molecule has 2 unspecified atom stereocenters. The summed E-state index contributed by atoms with van der Waals surface area (Å²) in [6.45, 7) is 2.26. The zero-order valence-corrected chi connectivity index (χ0v) is 9.39. The lowest BCUT2D eigenvalue weighted by atomic mass is 10.1. The third kappa shape index (κ3) is 3.04. The highest BCUT2D eigenvalue weighted by Crippen LogP contribution is 2.18. The molecule has 15 heavy (non-hydrogen) atoms. The van der Waals surface area contributed by atoms with E-state index in [-0.39, 0.29) is 30.5 Å². The lowest BCUT2D eigenvalue weighted by Crippen LogP contribution is -2.58. The number of carbonyl (C=O) groups is 1. The molecule has 2 aliphatic rings.